The summed E-state index contributed by atoms with van der Waals surface area (Å²) in [6, 6.07) is 0. The van der Waals surface area contributed by atoms with Gasteiger partial charge in [-0.05, 0) is 6.42 Å². The zero-order valence-electron chi connectivity index (χ0n) is 4.55. The maximum Gasteiger partial charge on any atom is 0.0753 e. The Kier molecular flexibility index (Phi) is 4.71. The molecule has 0 aromatic carbocycles. The Labute approximate surface area is 54.3 Å². The van der Waals surface area contributed by atoms with E-state index in [0.717, 1.165) is 0 Å². The second kappa shape index (κ2) is 4.88. The molecule has 2 heteroatoms. The van der Waals surface area contributed by atoms with Crippen LogP contribution in [0.15, 0.2) is 24.3 Å². The van der Waals surface area contributed by atoms with E-state index < -0.39 is 6.10 Å². The maximum absolute atomic E-state index is 8.76. The predicted octanol–water partition coefficient (Wildman–Crippen LogP) is 1.68. The molecule has 0 saturated carbocycles. The molecule has 1 nitrogen and oxygen atoms in total. The smallest absolute Gasteiger partial charge is 0.0753 e. The SMILES string of the molecule is C=CC(O)C/C=C/Cl. The summed E-state index contributed by atoms with van der Waals surface area (Å²) in [4.78, 5) is 0. The van der Waals surface area contributed by atoms with Gasteiger partial charge in [-0.1, -0.05) is 23.8 Å². The minimum Gasteiger partial charge on any atom is -0.389 e. The average Bonchev–Trinajstić information content (AvgIpc) is 1.83. The Morgan fingerprint density at radius 2 is 2.38 bits per heavy atom. The fourth-order valence-electron chi connectivity index (χ4n) is 0.287. The molecule has 46 valence electrons. The first-order chi connectivity index (χ1) is 3.81. The van der Waals surface area contributed by atoms with Crippen LogP contribution in [0.3, 0.4) is 0 Å². The van der Waals surface area contributed by atoms with E-state index in [9.17, 15) is 0 Å². The fraction of sp³-hybridized carbons (Fsp3) is 0.333. The van der Waals surface area contributed by atoms with Crippen molar-refractivity contribution in [2.45, 2.75) is 12.5 Å². The highest BCUT2D eigenvalue weighted by Crippen LogP contribution is 1.93. The molecule has 0 aliphatic rings. The van der Waals surface area contributed by atoms with E-state index in [-0.39, 0.29) is 0 Å². The van der Waals surface area contributed by atoms with Crippen molar-refractivity contribution >= 4 is 11.6 Å². The largest absolute Gasteiger partial charge is 0.389 e. The average molecular weight is 133 g/mol. The van der Waals surface area contributed by atoms with E-state index in [2.05, 4.69) is 6.58 Å². The van der Waals surface area contributed by atoms with Crippen molar-refractivity contribution in [3.05, 3.63) is 24.3 Å². The zero-order chi connectivity index (χ0) is 6.41. The molecular formula is C6H9ClO. The van der Waals surface area contributed by atoms with Crippen molar-refractivity contribution in [2.75, 3.05) is 0 Å². The topological polar surface area (TPSA) is 20.2 Å². The quantitative estimate of drug-likeness (QED) is 0.580. The van der Waals surface area contributed by atoms with Crippen LogP contribution in [0.25, 0.3) is 0 Å². The lowest BCUT2D eigenvalue weighted by molar-refractivity contribution is 0.227. The molecule has 0 fully saturated rings. The van der Waals surface area contributed by atoms with E-state index >= 15 is 0 Å². The van der Waals surface area contributed by atoms with Gasteiger partial charge in [0.2, 0.25) is 0 Å². The van der Waals surface area contributed by atoms with Gasteiger partial charge in [0.05, 0.1) is 6.10 Å². The second-order valence-electron chi connectivity index (χ2n) is 1.40. The third kappa shape index (κ3) is 3.90. The van der Waals surface area contributed by atoms with Crippen LogP contribution < -0.4 is 0 Å². The number of hydrogen-bond donors (Lipinski definition) is 1. The molecule has 1 unspecified atom stereocenters. The summed E-state index contributed by atoms with van der Waals surface area (Å²) >= 11 is 5.18. The van der Waals surface area contributed by atoms with Gasteiger partial charge in [0, 0.05) is 5.54 Å². The lowest BCUT2D eigenvalue weighted by Crippen LogP contribution is -1.97. The van der Waals surface area contributed by atoms with Gasteiger partial charge in [-0.15, -0.1) is 6.58 Å². The molecule has 0 aromatic rings. The first-order valence-electron chi connectivity index (χ1n) is 2.37. The van der Waals surface area contributed by atoms with E-state index in [0.29, 0.717) is 6.42 Å². The van der Waals surface area contributed by atoms with E-state index in [4.69, 9.17) is 16.7 Å². The van der Waals surface area contributed by atoms with E-state index in [1.165, 1.54) is 11.6 Å². The highest BCUT2D eigenvalue weighted by Gasteiger charge is 1.89. The monoisotopic (exact) mass is 132 g/mol. The van der Waals surface area contributed by atoms with Crippen molar-refractivity contribution in [1.29, 1.82) is 0 Å². The molecule has 1 N–H and O–H groups in total. The molecule has 0 aliphatic carbocycles. The van der Waals surface area contributed by atoms with Gasteiger partial charge in [-0.2, -0.15) is 0 Å². The molecule has 0 bridgehead atoms. The molecule has 1 atom stereocenters. The molecule has 0 heterocycles. The zero-order valence-corrected chi connectivity index (χ0v) is 5.30. The summed E-state index contributed by atoms with van der Waals surface area (Å²) in [5.41, 5.74) is 1.38. The van der Waals surface area contributed by atoms with Crippen molar-refractivity contribution in [3.8, 4) is 0 Å². The first kappa shape index (κ1) is 7.73. The third-order valence-electron chi connectivity index (χ3n) is 0.739. The third-order valence-corrected chi connectivity index (χ3v) is 0.917. The summed E-state index contributed by atoms with van der Waals surface area (Å²) in [5, 5.41) is 8.76. The molecule has 0 aromatic heterocycles. The standard InChI is InChI=1S/C6H9ClO/c1-2-6(8)4-3-5-7/h2-3,5-6,8H,1,4H2/b5-3+. The van der Waals surface area contributed by atoms with Gasteiger partial charge >= 0.3 is 0 Å². The predicted molar refractivity (Wildman–Crippen MR) is 35.8 cm³/mol. The number of halogens is 1. The van der Waals surface area contributed by atoms with Crippen LogP contribution in [-0.4, -0.2) is 11.2 Å². The van der Waals surface area contributed by atoms with Gasteiger partial charge in [-0.25, -0.2) is 0 Å². The lowest BCUT2D eigenvalue weighted by Gasteiger charge is -1.95. The van der Waals surface area contributed by atoms with Gasteiger partial charge < -0.3 is 5.11 Å². The Morgan fingerprint density at radius 1 is 1.75 bits per heavy atom. The van der Waals surface area contributed by atoms with E-state index in [1.807, 2.05) is 0 Å². The molecule has 8 heavy (non-hydrogen) atoms. The number of aliphatic hydroxyl groups excluding tert-OH is 1. The molecule has 0 saturated heterocycles. The van der Waals surface area contributed by atoms with Crippen molar-refractivity contribution < 1.29 is 5.11 Å². The normalized spacial score (nSPS) is 14.2. The van der Waals surface area contributed by atoms with Crippen molar-refractivity contribution in [1.82, 2.24) is 0 Å². The van der Waals surface area contributed by atoms with Gasteiger partial charge in [0.25, 0.3) is 0 Å². The Bertz CT molecular complexity index is 88.5. The lowest BCUT2D eigenvalue weighted by atomic mass is 10.2. The number of rotatable bonds is 3. The maximum atomic E-state index is 8.76. The fourth-order valence-corrected chi connectivity index (χ4v) is 0.390. The first-order valence-corrected chi connectivity index (χ1v) is 2.80. The summed E-state index contributed by atoms with van der Waals surface area (Å²) in [6.07, 6.45) is 3.24. The second-order valence-corrected chi connectivity index (χ2v) is 1.65. The molecular weight excluding hydrogens is 124 g/mol. The molecule has 0 radical (unpaired) electrons. The Morgan fingerprint density at radius 3 is 2.75 bits per heavy atom. The highest BCUT2D eigenvalue weighted by molar-refractivity contribution is 6.25. The summed E-state index contributed by atoms with van der Waals surface area (Å²) in [5.74, 6) is 0. The van der Waals surface area contributed by atoms with Gasteiger partial charge in [-0.3, -0.25) is 0 Å². The molecule has 0 spiro atoms. The molecule has 0 rings (SSSR count). The van der Waals surface area contributed by atoms with Crippen LogP contribution in [0.1, 0.15) is 6.42 Å². The number of aliphatic hydroxyl groups is 1. The summed E-state index contributed by atoms with van der Waals surface area (Å²) < 4.78 is 0. The van der Waals surface area contributed by atoms with Crippen LogP contribution >= 0.6 is 11.6 Å². The van der Waals surface area contributed by atoms with Crippen LogP contribution in [-0.2, 0) is 0 Å². The Hall–Kier alpha value is -0.270. The minimum atomic E-state index is -0.454. The summed E-state index contributed by atoms with van der Waals surface area (Å²) in [6.45, 7) is 3.39. The minimum absolute atomic E-state index is 0.454. The van der Waals surface area contributed by atoms with Crippen LogP contribution in [0.2, 0.25) is 0 Å². The van der Waals surface area contributed by atoms with Crippen LogP contribution in [0.5, 0.6) is 0 Å². The number of hydrogen-bond acceptors (Lipinski definition) is 1. The van der Waals surface area contributed by atoms with E-state index in [1.54, 1.807) is 6.08 Å². The molecule has 0 amide bonds. The Balaban J connectivity index is 3.23. The van der Waals surface area contributed by atoms with Crippen LogP contribution in [0, 0.1) is 0 Å². The van der Waals surface area contributed by atoms with Crippen molar-refractivity contribution in [3.63, 3.8) is 0 Å². The van der Waals surface area contributed by atoms with Gasteiger partial charge in [0.15, 0.2) is 0 Å². The van der Waals surface area contributed by atoms with Crippen molar-refractivity contribution in [2.24, 2.45) is 0 Å². The van der Waals surface area contributed by atoms with Gasteiger partial charge in [0.1, 0.15) is 0 Å². The summed E-state index contributed by atoms with van der Waals surface area (Å²) in [7, 11) is 0. The highest BCUT2D eigenvalue weighted by atomic mass is 35.5. The van der Waals surface area contributed by atoms with Crippen LogP contribution in [0.4, 0.5) is 0 Å². The molecule has 0 aliphatic heterocycles.